The number of hydrogen-bond acceptors (Lipinski definition) is 1. The molecule has 0 saturated heterocycles. The van der Waals surface area contributed by atoms with Gasteiger partial charge in [0, 0.05) is 12.1 Å². The van der Waals surface area contributed by atoms with E-state index in [4.69, 9.17) is 23.8 Å². The quantitative estimate of drug-likeness (QED) is 0.799. The van der Waals surface area contributed by atoms with Crippen molar-refractivity contribution in [1.82, 2.24) is 5.32 Å². The highest BCUT2D eigenvalue weighted by atomic mass is 35.5. The molecule has 1 aliphatic carbocycles. The Labute approximate surface area is 121 Å². The summed E-state index contributed by atoms with van der Waals surface area (Å²) in [5.41, 5.74) is 0.0105. The Kier molecular flexibility index (Phi) is 4.93. The van der Waals surface area contributed by atoms with Gasteiger partial charge >= 0.3 is 0 Å². The van der Waals surface area contributed by atoms with Gasteiger partial charge in [-0.1, -0.05) is 30.9 Å². The Morgan fingerprint density at radius 3 is 2.53 bits per heavy atom. The van der Waals surface area contributed by atoms with Gasteiger partial charge in [0.1, 0.15) is 5.82 Å². The van der Waals surface area contributed by atoms with Crippen LogP contribution in [-0.4, -0.2) is 11.2 Å². The average molecular weight is 305 g/mol. The highest BCUT2D eigenvalue weighted by Gasteiger charge is 2.16. The second-order valence-corrected chi connectivity index (χ2v) is 5.49. The van der Waals surface area contributed by atoms with Crippen LogP contribution in [0.5, 0.6) is 0 Å². The van der Waals surface area contributed by atoms with E-state index in [2.05, 4.69) is 10.6 Å². The van der Waals surface area contributed by atoms with Crippen molar-refractivity contribution in [2.45, 2.75) is 38.1 Å². The maximum atomic E-state index is 13.6. The Bertz CT molecular complexity index is 453. The first kappa shape index (κ1) is 14.5. The van der Waals surface area contributed by atoms with Crippen LogP contribution in [0.3, 0.4) is 0 Å². The van der Waals surface area contributed by atoms with Crippen molar-refractivity contribution in [3.05, 3.63) is 28.8 Å². The lowest BCUT2D eigenvalue weighted by molar-refractivity contribution is 0.414. The van der Waals surface area contributed by atoms with Gasteiger partial charge in [-0.25, -0.2) is 8.78 Å². The number of benzene rings is 1. The van der Waals surface area contributed by atoms with Gasteiger partial charge in [-0.15, -0.1) is 0 Å². The fraction of sp³-hybridized carbons (Fsp3) is 0.462. The molecular weight excluding hydrogens is 290 g/mol. The molecule has 104 valence electrons. The van der Waals surface area contributed by atoms with E-state index in [-0.39, 0.29) is 10.7 Å². The fourth-order valence-corrected chi connectivity index (χ4v) is 2.75. The van der Waals surface area contributed by atoms with E-state index in [0.717, 1.165) is 25.0 Å². The third-order valence-corrected chi connectivity index (χ3v) is 3.70. The van der Waals surface area contributed by atoms with Gasteiger partial charge in [-0.05, 0) is 31.1 Å². The molecule has 19 heavy (non-hydrogen) atoms. The van der Waals surface area contributed by atoms with Gasteiger partial charge < -0.3 is 10.6 Å². The second kappa shape index (κ2) is 6.48. The number of thiocarbonyl (C=S) groups is 1. The van der Waals surface area contributed by atoms with E-state index < -0.39 is 11.6 Å². The van der Waals surface area contributed by atoms with E-state index in [9.17, 15) is 8.78 Å². The van der Waals surface area contributed by atoms with Crippen LogP contribution in [-0.2, 0) is 0 Å². The number of anilines is 1. The summed E-state index contributed by atoms with van der Waals surface area (Å²) in [6.45, 7) is 0. The Balaban J connectivity index is 1.98. The topological polar surface area (TPSA) is 24.1 Å². The minimum atomic E-state index is -0.752. The summed E-state index contributed by atoms with van der Waals surface area (Å²) in [6.07, 6.45) is 5.71. The van der Waals surface area contributed by atoms with E-state index >= 15 is 0 Å². The molecule has 0 bridgehead atoms. The third-order valence-electron chi connectivity index (χ3n) is 3.19. The van der Waals surface area contributed by atoms with Crippen LogP contribution in [0, 0.1) is 11.6 Å². The number of hydrogen-bond donors (Lipinski definition) is 2. The van der Waals surface area contributed by atoms with Crippen molar-refractivity contribution in [1.29, 1.82) is 0 Å². The molecule has 1 saturated carbocycles. The molecule has 1 aromatic carbocycles. The molecule has 0 amide bonds. The largest absolute Gasteiger partial charge is 0.360 e. The molecule has 1 aliphatic rings. The zero-order valence-electron chi connectivity index (χ0n) is 10.3. The van der Waals surface area contributed by atoms with Crippen LogP contribution in [0.15, 0.2) is 12.1 Å². The van der Waals surface area contributed by atoms with Crippen molar-refractivity contribution < 1.29 is 8.78 Å². The summed E-state index contributed by atoms with van der Waals surface area (Å²) < 4.78 is 26.5. The van der Waals surface area contributed by atoms with E-state index in [1.807, 2.05) is 0 Å². The maximum absolute atomic E-state index is 13.6. The van der Waals surface area contributed by atoms with Gasteiger partial charge in [-0.3, -0.25) is 0 Å². The average Bonchev–Trinajstić information content (AvgIpc) is 2.35. The molecule has 6 heteroatoms. The zero-order chi connectivity index (χ0) is 13.8. The lowest BCUT2D eigenvalue weighted by Crippen LogP contribution is -2.39. The molecule has 0 atom stereocenters. The van der Waals surface area contributed by atoms with Crippen LogP contribution in [0.25, 0.3) is 0 Å². The molecule has 0 radical (unpaired) electrons. The molecule has 1 fully saturated rings. The minimum absolute atomic E-state index is 0.0105. The van der Waals surface area contributed by atoms with Gasteiger partial charge in [0.05, 0.1) is 10.7 Å². The zero-order valence-corrected chi connectivity index (χ0v) is 11.9. The van der Waals surface area contributed by atoms with Crippen molar-refractivity contribution in [3.63, 3.8) is 0 Å². The minimum Gasteiger partial charge on any atom is -0.360 e. The molecule has 0 spiro atoms. The molecular formula is C13H15ClF2N2S. The van der Waals surface area contributed by atoms with Crippen LogP contribution >= 0.6 is 23.8 Å². The predicted octanol–water partition coefficient (Wildman–Crippen LogP) is 4.24. The second-order valence-electron chi connectivity index (χ2n) is 4.68. The Morgan fingerprint density at radius 1 is 1.21 bits per heavy atom. The van der Waals surface area contributed by atoms with Gasteiger partial charge in [0.15, 0.2) is 10.9 Å². The monoisotopic (exact) mass is 304 g/mol. The summed E-state index contributed by atoms with van der Waals surface area (Å²) in [5.74, 6) is -1.46. The van der Waals surface area contributed by atoms with Gasteiger partial charge in [-0.2, -0.15) is 0 Å². The lowest BCUT2D eigenvalue weighted by atomic mass is 9.96. The number of halogens is 3. The molecule has 0 aliphatic heterocycles. The van der Waals surface area contributed by atoms with E-state index in [1.165, 1.54) is 19.3 Å². The first-order valence-corrected chi connectivity index (χ1v) is 7.07. The third kappa shape index (κ3) is 4.01. The van der Waals surface area contributed by atoms with Crippen LogP contribution in [0.1, 0.15) is 32.1 Å². The van der Waals surface area contributed by atoms with Gasteiger partial charge in [0.2, 0.25) is 0 Å². The maximum Gasteiger partial charge on any atom is 0.171 e. The van der Waals surface area contributed by atoms with Crippen molar-refractivity contribution in [2.24, 2.45) is 0 Å². The Morgan fingerprint density at radius 2 is 1.89 bits per heavy atom. The SMILES string of the molecule is Fc1cc(F)c(NC(=S)NC2CCCCC2)c(Cl)c1. The Hall–Kier alpha value is -0.940. The molecule has 2 N–H and O–H groups in total. The molecule has 0 unspecified atom stereocenters. The summed E-state index contributed by atoms with van der Waals surface area (Å²) in [5, 5.41) is 6.13. The van der Waals surface area contributed by atoms with Crippen LogP contribution in [0.2, 0.25) is 5.02 Å². The summed E-state index contributed by atoms with van der Waals surface area (Å²) in [7, 11) is 0. The standard InChI is InChI=1S/C13H15ClF2N2S/c14-10-6-8(15)7-11(16)12(10)18-13(19)17-9-4-2-1-3-5-9/h6-7,9H,1-5H2,(H2,17,18,19). The van der Waals surface area contributed by atoms with E-state index in [1.54, 1.807) is 0 Å². The first-order chi connectivity index (χ1) is 9.06. The van der Waals surface area contributed by atoms with Crippen molar-refractivity contribution in [2.75, 3.05) is 5.32 Å². The molecule has 2 nitrogen and oxygen atoms in total. The van der Waals surface area contributed by atoms with Crippen molar-refractivity contribution in [3.8, 4) is 0 Å². The normalized spacial score (nSPS) is 16.2. The predicted molar refractivity (Wildman–Crippen MR) is 77.6 cm³/mol. The van der Waals surface area contributed by atoms with Crippen molar-refractivity contribution >= 4 is 34.6 Å². The van der Waals surface area contributed by atoms with Gasteiger partial charge in [0.25, 0.3) is 0 Å². The smallest absolute Gasteiger partial charge is 0.171 e. The number of rotatable bonds is 2. The summed E-state index contributed by atoms with van der Waals surface area (Å²) >= 11 is 10.9. The molecule has 0 aromatic heterocycles. The van der Waals surface area contributed by atoms with E-state index in [0.29, 0.717) is 11.2 Å². The number of nitrogens with one attached hydrogen (secondary N) is 2. The highest BCUT2D eigenvalue weighted by Crippen LogP contribution is 2.26. The molecule has 2 rings (SSSR count). The van der Waals surface area contributed by atoms with Crippen LogP contribution < -0.4 is 10.6 Å². The molecule has 0 heterocycles. The lowest BCUT2D eigenvalue weighted by Gasteiger charge is -2.24. The molecule has 1 aromatic rings. The fourth-order valence-electron chi connectivity index (χ4n) is 2.24. The summed E-state index contributed by atoms with van der Waals surface area (Å²) in [4.78, 5) is 0. The van der Waals surface area contributed by atoms with Crippen LogP contribution in [0.4, 0.5) is 14.5 Å². The summed E-state index contributed by atoms with van der Waals surface area (Å²) in [6, 6.07) is 2.14. The highest BCUT2D eigenvalue weighted by molar-refractivity contribution is 7.80. The first-order valence-electron chi connectivity index (χ1n) is 6.28.